The van der Waals surface area contributed by atoms with E-state index in [1.54, 1.807) is 36.2 Å². The Bertz CT molecular complexity index is 2160. The zero-order valence-corrected chi connectivity index (χ0v) is 34.8. The number of unbranched alkanes of at least 4 members (excludes halogenated alkanes) is 2. The zero-order valence-electron chi connectivity index (χ0n) is 34.8. The van der Waals surface area contributed by atoms with Gasteiger partial charge in [-0.1, -0.05) is 103 Å². The lowest BCUT2D eigenvalue weighted by molar-refractivity contribution is -0.253. The van der Waals surface area contributed by atoms with Crippen LogP contribution >= 0.6 is 0 Å². The van der Waals surface area contributed by atoms with Crippen LogP contribution in [0.1, 0.15) is 77.9 Å². The number of rotatable bonds is 20. The van der Waals surface area contributed by atoms with Gasteiger partial charge in [0.25, 0.3) is 0 Å². The van der Waals surface area contributed by atoms with Gasteiger partial charge in [-0.25, -0.2) is 4.79 Å². The van der Waals surface area contributed by atoms with E-state index >= 15 is 0 Å². The van der Waals surface area contributed by atoms with E-state index in [4.69, 9.17) is 28.9 Å². The molecule has 7 rings (SSSR count). The third-order valence-electron chi connectivity index (χ3n) is 12.1. The topological polar surface area (TPSA) is 136 Å². The number of carbonyl (C=O) groups is 2. The number of hydrogen-bond acceptors (Lipinski definition) is 10. The molecule has 4 aromatic carbocycles. The number of aliphatic hydroxyl groups is 2. The molecule has 2 N–H and O–H groups in total. The summed E-state index contributed by atoms with van der Waals surface area (Å²) >= 11 is 0. The smallest absolute Gasteiger partial charge is 0.410 e. The normalized spacial score (nSPS) is 23.1. The predicted octanol–water partition coefficient (Wildman–Crippen LogP) is 9.39. The number of ether oxygens (including phenoxy) is 4. The minimum atomic E-state index is -1.43. The van der Waals surface area contributed by atoms with Crippen LogP contribution in [-0.2, 0) is 27.5 Å². The molecule has 0 saturated heterocycles. The predicted molar refractivity (Wildman–Crippen MR) is 232 cm³/mol. The summed E-state index contributed by atoms with van der Waals surface area (Å²) < 4.78 is 26.6. The van der Waals surface area contributed by atoms with Gasteiger partial charge in [0.2, 0.25) is 5.79 Å². The maximum atomic E-state index is 14.2. The Labute approximate surface area is 358 Å². The van der Waals surface area contributed by atoms with Crippen LogP contribution < -0.4 is 9.47 Å². The van der Waals surface area contributed by atoms with Gasteiger partial charge in [0.15, 0.2) is 0 Å². The van der Waals surface area contributed by atoms with Crippen LogP contribution in [0.3, 0.4) is 0 Å². The minimum Gasteiger partial charge on any atom is -0.459 e. The molecule has 4 aromatic rings. The lowest BCUT2D eigenvalue weighted by Crippen LogP contribution is -2.69. The van der Waals surface area contributed by atoms with Crippen LogP contribution in [0.25, 0.3) is 0 Å². The molecular formula is C50H56N2O9. The number of benzene rings is 4. The van der Waals surface area contributed by atoms with Gasteiger partial charge in [-0.3, -0.25) is 4.79 Å². The molecule has 1 amide bonds. The average molecular weight is 829 g/mol. The number of fused-ring (bicyclic) bond motifs is 2. The highest BCUT2D eigenvalue weighted by Crippen LogP contribution is 2.62. The monoisotopic (exact) mass is 828 g/mol. The van der Waals surface area contributed by atoms with E-state index in [2.05, 4.69) is 12.7 Å². The van der Waals surface area contributed by atoms with Crippen LogP contribution in [0.2, 0.25) is 0 Å². The maximum absolute atomic E-state index is 14.2. The first-order valence-corrected chi connectivity index (χ1v) is 21.3. The van der Waals surface area contributed by atoms with Gasteiger partial charge in [-0.05, 0) is 84.6 Å². The van der Waals surface area contributed by atoms with Crippen LogP contribution in [-0.4, -0.2) is 71.9 Å². The highest BCUT2D eigenvalue weighted by atomic mass is 16.7. The van der Waals surface area contributed by atoms with Gasteiger partial charge in [0.1, 0.15) is 42.8 Å². The van der Waals surface area contributed by atoms with Crippen molar-refractivity contribution in [1.29, 1.82) is 0 Å². The molecule has 0 bridgehead atoms. The zero-order chi connectivity index (χ0) is 42.6. The van der Waals surface area contributed by atoms with Gasteiger partial charge in [0, 0.05) is 43.7 Å². The number of oxime groups is 1. The van der Waals surface area contributed by atoms with Crippen molar-refractivity contribution in [3.8, 4) is 17.2 Å². The third-order valence-corrected chi connectivity index (χ3v) is 12.1. The fourth-order valence-corrected chi connectivity index (χ4v) is 9.29. The summed E-state index contributed by atoms with van der Waals surface area (Å²) in [4.78, 5) is 33.6. The summed E-state index contributed by atoms with van der Waals surface area (Å²) in [6.07, 6.45) is 8.98. The van der Waals surface area contributed by atoms with Gasteiger partial charge in [-0.2, -0.15) is 0 Å². The molecule has 1 heterocycles. The SMILES string of the molecule is C=CCOC12Oc3ccc(Oc4cccc(C=O)c4)cc3C3C(CCCCO)C(CCCCO)C=C(C(=NOCc4ccccc4)CC1N(C)C(=O)OCc1ccccc1)C32. The molecule has 6 atom stereocenters. The molecule has 1 fully saturated rings. The van der Waals surface area contributed by atoms with Crippen molar-refractivity contribution in [3.63, 3.8) is 0 Å². The molecule has 3 aliphatic rings. The van der Waals surface area contributed by atoms with E-state index in [1.165, 1.54) is 0 Å². The van der Waals surface area contributed by atoms with Crippen molar-refractivity contribution < 1.29 is 43.6 Å². The van der Waals surface area contributed by atoms with Crippen LogP contribution in [0.5, 0.6) is 17.2 Å². The number of nitrogens with zero attached hydrogens (tertiary/aromatic N) is 2. The Morgan fingerprint density at radius 3 is 2.30 bits per heavy atom. The quantitative estimate of drug-likeness (QED) is 0.0387. The fraction of sp³-hybridized carbons (Fsp3) is 0.380. The van der Waals surface area contributed by atoms with Crippen molar-refractivity contribution >= 4 is 18.1 Å². The number of likely N-dealkylation sites (N-methyl/N-ethyl adjacent to an activating group) is 1. The Kier molecular flexibility index (Phi) is 14.7. The Balaban J connectivity index is 1.38. The Morgan fingerprint density at radius 2 is 1.59 bits per heavy atom. The number of carbonyl (C=O) groups excluding carboxylic acids is 2. The molecule has 11 nitrogen and oxygen atoms in total. The van der Waals surface area contributed by atoms with Crippen LogP contribution in [0, 0.1) is 17.8 Å². The molecule has 0 radical (unpaired) electrons. The highest BCUT2D eigenvalue weighted by molar-refractivity contribution is 6.03. The van der Waals surface area contributed by atoms with Gasteiger partial charge < -0.3 is 38.9 Å². The van der Waals surface area contributed by atoms with E-state index in [0.717, 1.165) is 54.2 Å². The first-order valence-electron chi connectivity index (χ1n) is 21.3. The van der Waals surface area contributed by atoms with Crippen molar-refractivity contribution in [2.24, 2.45) is 22.9 Å². The number of amides is 1. The van der Waals surface area contributed by atoms with Crippen LogP contribution in [0.4, 0.5) is 4.79 Å². The third kappa shape index (κ3) is 9.91. The van der Waals surface area contributed by atoms with E-state index in [1.807, 2.05) is 84.9 Å². The summed E-state index contributed by atoms with van der Waals surface area (Å²) in [7, 11) is 1.71. The second kappa shape index (κ2) is 20.7. The lowest BCUT2D eigenvalue weighted by atomic mass is 9.55. The molecule has 61 heavy (non-hydrogen) atoms. The molecule has 0 aromatic heterocycles. The molecule has 6 unspecified atom stereocenters. The van der Waals surface area contributed by atoms with E-state index in [0.29, 0.717) is 41.4 Å². The van der Waals surface area contributed by atoms with Gasteiger partial charge in [-0.15, -0.1) is 6.58 Å². The van der Waals surface area contributed by atoms with Gasteiger partial charge in [0.05, 0.1) is 18.2 Å². The first kappa shape index (κ1) is 43.3. The summed E-state index contributed by atoms with van der Waals surface area (Å²) in [5, 5.41) is 24.7. The van der Waals surface area contributed by atoms with E-state index < -0.39 is 23.8 Å². The summed E-state index contributed by atoms with van der Waals surface area (Å²) in [6.45, 7) is 4.65. The summed E-state index contributed by atoms with van der Waals surface area (Å²) in [5.74, 6) is -0.391. The number of hydrogen-bond donors (Lipinski definition) is 2. The van der Waals surface area contributed by atoms with Crippen molar-refractivity contribution in [2.75, 3.05) is 26.9 Å². The lowest BCUT2D eigenvalue weighted by Gasteiger charge is -2.59. The average Bonchev–Trinajstić information content (AvgIpc) is 3.29. The Morgan fingerprint density at radius 1 is 0.885 bits per heavy atom. The second-order valence-electron chi connectivity index (χ2n) is 16.0. The Hall–Kier alpha value is -5.75. The molecule has 0 spiro atoms. The fourth-order valence-electron chi connectivity index (χ4n) is 9.29. The maximum Gasteiger partial charge on any atom is 0.410 e. The van der Waals surface area contributed by atoms with E-state index in [-0.39, 0.29) is 57.2 Å². The molecule has 320 valence electrons. The van der Waals surface area contributed by atoms with Crippen molar-refractivity contribution in [3.05, 3.63) is 150 Å². The summed E-state index contributed by atoms with van der Waals surface area (Å²) in [6, 6.07) is 31.4. The molecule has 11 heteroatoms. The second-order valence-corrected chi connectivity index (χ2v) is 16.0. The highest BCUT2D eigenvalue weighted by Gasteiger charge is 2.65. The molecule has 2 aliphatic carbocycles. The molecule has 1 aliphatic heterocycles. The van der Waals surface area contributed by atoms with Crippen molar-refractivity contribution in [2.45, 2.75) is 75.9 Å². The summed E-state index contributed by atoms with van der Waals surface area (Å²) in [5.41, 5.74) is 4.84. The number of allylic oxidation sites excluding steroid dienone is 1. The molecular weight excluding hydrogens is 773 g/mol. The van der Waals surface area contributed by atoms with Crippen molar-refractivity contribution in [1.82, 2.24) is 4.90 Å². The van der Waals surface area contributed by atoms with Crippen LogP contribution in [0.15, 0.2) is 133 Å². The number of aliphatic hydroxyl groups excluding tert-OH is 2. The minimum absolute atomic E-state index is 0.0302. The van der Waals surface area contributed by atoms with Gasteiger partial charge >= 0.3 is 6.09 Å². The first-order chi connectivity index (χ1) is 29.9. The molecule has 1 saturated carbocycles. The largest absolute Gasteiger partial charge is 0.459 e. The van der Waals surface area contributed by atoms with E-state index in [9.17, 15) is 19.8 Å². The number of aldehydes is 1. The standard InChI is InChI=1S/C50H56N2O9/c1-3-27-58-50-46(52(2)49(56)57-33-35-15-6-4-7-16-35)31-44(51-59-34-36-17-8-5-9-18-36)42-29-38(20-10-12-25-53)41(22-11-13-26-54)47(48(42)50)43-30-40(23-24-45(43)61-50)60-39-21-14-19-37(28-39)32-55/h3-9,14-19,21,23-24,28-30,32,38,41,46-48,53-54H,1,10-13,20,22,25-27,31,33-34H2,2H3.